The molecule has 114 valence electrons. The van der Waals surface area contributed by atoms with Crippen molar-refractivity contribution in [1.82, 2.24) is 20.6 Å². The van der Waals surface area contributed by atoms with Gasteiger partial charge in [0.25, 0.3) is 0 Å². The molecule has 0 unspecified atom stereocenters. The number of carbonyl (C=O) groups excluding carboxylic acids is 1. The molecule has 0 aliphatic rings. The van der Waals surface area contributed by atoms with Crippen molar-refractivity contribution in [3.8, 4) is 0 Å². The van der Waals surface area contributed by atoms with Crippen LogP contribution in [0.5, 0.6) is 0 Å². The van der Waals surface area contributed by atoms with Gasteiger partial charge in [0.1, 0.15) is 5.01 Å². The molecule has 0 aliphatic carbocycles. The minimum Gasteiger partial charge on any atom is -0.337 e. The first-order valence-electron chi connectivity index (χ1n) is 6.82. The van der Waals surface area contributed by atoms with Crippen LogP contribution in [0.2, 0.25) is 0 Å². The highest BCUT2D eigenvalue weighted by atomic mass is 32.1. The number of hydrogen-bond acceptors (Lipinski definition) is 5. The molecule has 21 heavy (non-hydrogen) atoms. The Morgan fingerprint density at radius 3 is 2.62 bits per heavy atom. The van der Waals surface area contributed by atoms with Crippen LogP contribution in [0.15, 0.2) is 6.20 Å². The van der Waals surface area contributed by atoms with Crippen LogP contribution >= 0.6 is 22.7 Å². The lowest BCUT2D eigenvalue weighted by molar-refractivity contribution is 0.240. The Labute approximate surface area is 132 Å². The number of aromatic nitrogens is 2. The zero-order valence-corrected chi connectivity index (χ0v) is 14.3. The summed E-state index contributed by atoms with van der Waals surface area (Å²) in [4.78, 5) is 22.9. The second kappa shape index (κ2) is 7.00. The maximum Gasteiger partial charge on any atom is 0.315 e. The fourth-order valence-corrected chi connectivity index (χ4v) is 3.47. The van der Waals surface area contributed by atoms with Gasteiger partial charge >= 0.3 is 6.03 Å². The maximum atomic E-state index is 11.8. The van der Waals surface area contributed by atoms with E-state index >= 15 is 0 Å². The Morgan fingerprint density at radius 2 is 2.05 bits per heavy atom. The summed E-state index contributed by atoms with van der Waals surface area (Å²) in [5.74, 6) is 0.221. The number of aryl methyl sites for hydroxylation is 3. The Kier molecular flexibility index (Phi) is 5.30. The quantitative estimate of drug-likeness (QED) is 0.888. The molecule has 2 amide bonds. The number of nitrogens with zero attached hydrogens (tertiary/aromatic N) is 2. The van der Waals surface area contributed by atoms with Crippen LogP contribution in [0.3, 0.4) is 0 Å². The fourth-order valence-electron chi connectivity index (χ4n) is 1.77. The van der Waals surface area contributed by atoms with Crippen LogP contribution in [-0.4, -0.2) is 22.5 Å². The van der Waals surface area contributed by atoms with Crippen molar-refractivity contribution in [2.24, 2.45) is 0 Å². The molecule has 0 aliphatic heterocycles. The molecule has 2 aromatic heterocycles. The van der Waals surface area contributed by atoms with Crippen LogP contribution in [0.1, 0.15) is 38.3 Å². The fraction of sp³-hybridized carbons (Fsp3) is 0.500. The smallest absolute Gasteiger partial charge is 0.315 e. The molecule has 2 rings (SSSR count). The third-order valence-electron chi connectivity index (χ3n) is 3.10. The van der Waals surface area contributed by atoms with E-state index in [4.69, 9.17) is 0 Å². The summed E-state index contributed by atoms with van der Waals surface area (Å²) < 4.78 is 0. The van der Waals surface area contributed by atoms with Gasteiger partial charge < -0.3 is 10.6 Å². The van der Waals surface area contributed by atoms with Crippen molar-refractivity contribution in [2.75, 3.05) is 6.54 Å². The summed E-state index contributed by atoms with van der Waals surface area (Å²) >= 11 is 3.29. The third kappa shape index (κ3) is 4.50. The highest BCUT2D eigenvalue weighted by Gasteiger charge is 2.11. The molecule has 0 bridgehead atoms. The molecule has 2 aromatic rings. The van der Waals surface area contributed by atoms with E-state index in [1.807, 2.05) is 27.0 Å². The third-order valence-corrected chi connectivity index (χ3v) is 5.32. The second-order valence-corrected chi connectivity index (χ2v) is 7.58. The van der Waals surface area contributed by atoms with E-state index in [9.17, 15) is 4.79 Å². The van der Waals surface area contributed by atoms with Crippen molar-refractivity contribution in [2.45, 2.75) is 40.2 Å². The molecular formula is C14H20N4OS2. The number of hydrogen-bond donors (Lipinski definition) is 2. The van der Waals surface area contributed by atoms with Crippen LogP contribution in [-0.2, 0) is 6.54 Å². The molecule has 0 saturated heterocycles. The van der Waals surface area contributed by atoms with Crippen LogP contribution in [0, 0.1) is 20.8 Å². The van der Waals surface area contributed by atoms with Crippen molar-refractivity contribution < 1.29 is 4.79 Å². The topological polar surface area (TPSA) is 66.9 Å². The molecule has 0 spiro atoms. The van der Waals surface area contributed by atoms with Gasteiger partial charge in [0.15, 0.2) is 0 Å². The summed E-state index contributed by atoms with van der Waals surface area (Å²) in [5, 5.41) is 7.70. The SMILES string of the molecule is Cc1cnc([C@H](C)CNC(=O)NCc2nc(C)c(C)s2)s1. The van der Waals surface area contributed by atoms with Gasteiger partial charge in [-0.25, -0.2) is 14.8 Å². The molecule has 0 fully saturated rings. The van der Waals surface area contributed by atoms with Gasteiger partial charge in [0, 0.05) is 28.4 Å². The number of rotatable bonds is 5. The van der Waals surface area contributed by atoms with Crippen molar-refractivity contribution in [3.05, 3.63) is 31.7 Å². The first-order chi connectivity index (χ1) is 9.95. The summed E-state index contributed by atoms with van der Waals surface area (Å²) in [6.07, 6.45) is 1.86. The van der Waals surface area contributed by atoms with Crippen molar-refractivity contribution >= 4 is 28.7 Å². The maximum absolute atomic E-state index is 11.8. The zero-order valence-electron chi connectivity index (χ0n) is 12.7. The summed E-state index contributed by atoms with van der Waals surface area (Å²) in [7, 11) is 0. The van der Waals surface area contributed by atoms with Gasteiger partial charge in [-0.15, -0.1) is 22.7 Å². The molecule has 2 heterocycles. The standard InChI is InChI=1S/C14H20N4OS2/c1-8(13-15-6-9(2)20-13)5-16-14(19)17-7-12-18-10(3)11(4)21-12/h6,8H,5,7H2,1-4H3,(H2,16,17,19)/t8-/m1/s1. The highest BCUT2D eigenvalue weighted by Crippen LogP contribution is 2.20. The summed E-state index contributed by atoms with van der Waals surface area (Å²) in [6.45, 7) is 9.16. The lowest BCUT2D eigenvalue weighted by Gasteiger charge is -2.10. The minimum atomic E-state index is -0.166. The average molecular weight is 324 g/mol. The Bertz CT molecular complexity index is 601. The van der Waals surface area contributed by atoms with Gasteiger partial charge in [-0.2, -0.15) is 0 Å². The van der Waals surface area contributed by atoms with Crippen LogP contribution in [0.4, 0.5) is 4.79 Å². The molecule has 0 radical (unpaired) electrons. The molecule has 0 aromatic carbocycles. The number of carbonyl (C=O) groups is 1. The molecular weight excluding hydrogens is 304 g/mol. The lowest BCUT2D eigenvalue weighted by Crippen LogP contribution is -2.37. The van der Waals surface area contributed by atoms with Gasteiger partial charge in [-0.05, 0) is 20.8 Å². The second-order valence-electron chi connectivity index (χ2n) is 5.02. The first-order valence-corrected chi connectivity index (χ1v) is 8.46. The van der Waals surface area contributed by atoms with Crippen LogP contribution in [0.25, 0.3) is 0 Å². The van der Waals surface area contributed by atoms with Gasteiger partial charge in [-0.1, -0.05) is 6.92 Å². The first kappa shape index (κ1) is 15.9. The average Bonchev–Trinajstić information content (AvgIpc) is 3.00. The lowest BCUT2D eigenvalue weighted by atomic mass is 10.2. The van der Waals surface area contributed by atoms with Crippen molar-refractivity contribution in [1.29, 1.82) is 0 Å². The van der Waals surface area contributed by atoms with E-state index < -0.39 is 0 Å². The zero-order chi connectivity index (χ0) is 15.4. The van der Waals surface area contributed by atoms with Crippen molar-refractivity contribution in [3.63, 3.8) is 0 Å². The Hall–Kier alpha value is -1.47. The van der Waals surface area contributed by atoms with E-state index in [1.54, 1.807) is 22.7 Å². The van der Waals surface area contributed by atoms with E-state index in [0.29, 0.717) is 13.1 Å². The van der Waals surface area contributed by atoms with Gasteiger partial charge in [0.05, 0.1) is 17.2 Å². The molecule has 1 atom stereocenters. The molecule has 5 nitrogen and oxygen atoms in total. The normalized spacial score (nSPS) is 12.2. The Balaban J connectivity index is 1.74. The van der Waals surface area contributed by atoms with E-state index in [-0.39, 0.29) is 11.9 Å². The van der Waals surface area contributed by atoms with Gasteiger partial charge in [-0.3, -0.25) is 0 Å². The minimum absolute atomic E-state index is 0.166. The molecule has 2 N–H and O–H groups in total. The number of nitrogens with one attached hydrogen (secondary N) is 2. The largest absolute Gasteiger partial charge is 0.337 e. The predicted octanol–water partition coefficient (Wildman–Crippen LogP) is 3.13. The summed E-state index contributed by atoms with van der Waals surface area (Å²) in [5.41, 5.74) is 1.03. The monoisotopic (exact) mass is 324 g/mol. The Morgan fingerprint density at radius 1 is 1.29 bits per heavy atom. The molecule has 0 saturated carbocycles. The van der Waals surface area contributed by atoms with Gasteiger partial charge in [0.2, 0.25) is 0 Å². The number of urea groups is 1. The molecule has 7 heteroatoms. The summed E-state index contributed by atoms with van der Waals surface area (Å²) in [6, 6.07) is -0.166. The number of amides is 2. The number of thiazole rings is 2. The van der Waals surface area contributed by atoms with E-state index in [2.05, 4.69) is 27.5 Å². The van der Waals surface area contributed by atoms with E-state index in [1.165, 1.54) is 9.75 Å². The predicted molar refractivity (Wildman–Crippen MR) is 87.1 cm³/mol. The van der Waals surface area contributed by atoms with Crippen LogP contribution < -0.4 is 10.6 Å². The van der Waals surface area contributed by atoms with E-state index in [0.717, 1.165) is 15.7 Å². The highest BCUT2D eigenvalue weighted by molar-refractivity contribution is 7.11.